The standard InChI is InChI=1S/C25H33N3O4S/c1-6-27(7-2)14-9-15-28-21(18-10-12-19(13-11-18)32-8-3)20(23(30)25(28)31)22(29)24-16(4)26-17(5)33-24/h10-13,21,30H,6-9,14-15H2,1-5H3/t21-/m0/s1. The van der Waals surface area contributed by atoms with Crippen molar-refractivity contribution in [3.8, 4) is 5.75 Å². The average Bonchev–Trinajstić information content (AvgIpc) is 3.27. The lowest BCUT2D eigenvalue weighted by Crippen LogP contribution is -2.34. The van der Waals surface area contributed by atoms with Crippen molar-refractivity contribution in [2.45, 2.75) is 47.1 Å². The molecule has 7 nitrogen and oxygen atoms in total. The Bertz CT molecular complexity index is 1020. The molecule has 33 heavy (non-hydrogen) atoms. The fourth-order valence-corrected chi connectivity index (χ4v) is 5.12. The molecule has 0 spiro atoms. The molecule has 2 aromatic rings. The highest BCUT2D eigenvalue weighted by Gasteiger charge is 2.44. The van der Waals surface area contributed by atoms with Crippen LogP contribution < -0.4 is 4.74 Å². The number of benzene rings is 1. The van der Waals surface area contributed by atoms with Crippen LogP contribution in [0.1, 0.15) is 59.2 Å². The molecule has 0 bridgehead atoms. The lowest BCUT2D eigenvalue weighted by atomic mass is 9.95. The minimum atomic E-state index is -0.654. The topological polar surface area (TPSA) is 83.0 Å². The van der Waals surface area contributed by atoms with Crippen LogP contribution in [-0.4, -0.2) is 64.4 Å². The third-order valence-corrected chi connectivity index (χ3v) is 7.00. The Labute approximate surface area is 199 Å². The molecule has 0 saturated heterocycles. The van der Waals surface area contributed by atoms with E-state index in [9.17, 15) is 14.7 Å². The van der Waals surface area contributed by atoms with Gasteiger partial charge in [0.1, 0.15) is 5.75 Å². The largest absolute Gasteiger partial charge is 0.503 e. The van der Waals surface area contributed by atoms with Gasteiger partial charge in [0.05, 0.1) is 33.8 Å². The maximum atomic E-state index is 13.6. The third kappa shape index (κ3) is 5.28. The van der Waals surface area contributed by atoms with E-state index in [2.05, 4.69) is 23.7 Å². The zero-order chi connectivity index (χ0) is 24.1. The van der Waals surface area contributed by atoms with Crippen molar-refractivity contribution < 1.29 is 19.4 Å². The highest BCUT2D eigenvalue weighted by molar-refractivity contribution is 7.14. The number of ketones is 1. The molecule has 0 saturated carbocycles. The second-order valence-electron chi connectivity index (χ2n) is 8.02. The highest BCUT2D eigenvalue weighted by Crippen LogP contribution is 2.40. The van der Waals surface area contributed by atoms with Gasteiger partial charge in [0, 0.05) is 6.54 Å². The Morgan fingerprint density at radius 1 is 1.18 bits per heavy atom. The molecule has 3 rings (SSSR count). The van der Waals surface area contributed by atoms with Crippen molar-refractivity contribution in [3.05, 3.63) is 56.7 Å². The predicted molar refractivity (Wildman–Crippen MR) is 130 cm³/mol. The number of Topliss-reactive ketones (excluding diaryl/α,β-unsaturated/α-hetero) is 1. The fourth-order valence-electron chi connectivity index (χ4n) is 4.24. The summed E-state index contributed by atoms with van der Waals surface area (Å²) in [5, 5.41) is 11.6. The van der Waals surface area contributed by atoms with Crippen LogP contribution in [0.15, 0.2) is 35.6 Å². The summed E-state index contributed by atoms with van der Waals surface area (Å²) >= 11 is 1.29. The van der Waals surface area contributed by atoms with Gasteiger partial charge >= 0.3 is 0 Å². The van der Waals surface area contributed by atoms with Gasteiger partial charge in [0.25, 0.3) is 5.91 Å². The van der Waals surface area contributed by atoms with Gasteiger partial charge < -0.3 is 19.6 Å². The number of carbonyl (C=O) groups is 2. The van der Waals surface area contributed by atoms with Gasteiger partial charge in [-0.05, 0) is 64.5 Å². The second-order valence-corrected chi connectivity index (χ2v) is 9.23. The van der Waals surface area contributed by atoms with E-state index in [1.165, 1.54) is 11.3 Å². The van der Waals surface area contributed by atoms with Crippen LogP contribution in [0, 0.1) is 13.8 Å². The van der Waals surface area contributed by atoms with Crippen LogP contribution >= 0.6 is 11.3 Å². The Morgan fingerprint density at radius 3 is 2.39 bits per heavy atom. The van der Waals surface area contributed by atoms with E-state index in [1.807, 2.05) is 38.1 Å². The van der Waals surface area contributed by atoms with Crippen LogP contribution in [0.3, 0.4) is 0 Å². The number of aryl methyl sites for hydroxylation is 2. The first-order valence-electron chi connectivity index (χ1n) is 11.5. The van der Waals surface area contributed by atoms with Gasteiger partial charge in [-0.1, -0.05) is 26.0 Å². The number of aromatic nitrogens is 1. The molecule has 1 atom stereocenters. The van der Waals surface area contributed by atoms with Gasteiger partial charge in [0.15, 0.2) is 5.76 Å². The quantitative estimate of drug-likeness (QED) is 0.487. The van der Waals surface area contributed by atoms with E-state index in [4.69, 9.17) is 4.74 Å². The predicted octanol–water partition coefficient (Wildman–Crippen LogP) is 4.47. The molecule has 0 aliphatic carbocycles. The number of hydrogen-bond acceptors (Lipinski definition) is 7. The summed E-state index contributed by atoms with van der Waals surface area (Å²) in [5.41, 5.74) is 1.50. The van der Waals surface area contributed by atoms with Crippen molar-refractivity contribution in [1.82, 2.24) is 14.8 Å². The summed E-state index contributed by atoms with van der Waals surface area (Å²) in [6.07, 6.45) is 0.744. The zero-order valence-electron chi connectivity index (χ0n) is 20.1. The number of aliphatic hydroxyl groups excluding tert-OH is 1. The number of aliphatic hydroxyl groups is 1. The Kier molecular flexibility index (Phi) is 8.26. The minimum absolute atomic E-state index is 0.124. The lowest BCUT2D eigenvalue weighted by Gasteiger charge is -2.28. The maximum absolute atomic E-state index is 13.6. The molecular formula is C25H33N3O4S. The number of hydrogen-bond donors (Lipinski definition) is 1. The molecular weight excluding hydrogens is 438 g/mol. The van der Waals surface area contributed by atoms with Crippen molar-refractivity contribution in [3.63, 3.8) is 0 Å². The van der Waals surface area contributed by atoms with Crippen LogP contribution in [0.25, 0.3) is 0 Å². The Morgan fingerprint density at radius 2 is 1.85 bits per heavy atom. The Balaban J connectivity index is 1.97. The molecule has 1 N–H and O–H groups in total. The summed E-state index contributed by atoms with van der Waals surface area (Å²) < 4.78 is 5.55. The molecule has 0 radical (unpaired) electrons. The summed E-state index contributed by atoms with van der Waals surface area (Å²) in [5.74, 6) is -0.592. The number of carbonyl (C=O) groups excluding carboxylic acids is 2. The molecule has 0 fully saturated rings. The van der Waals surface area contributed by atoms with Gasteiger partial charge in [-0.25, -0.2) is 4.98 Å². The summed E-state index contributed by atoms with van der Waals surface area (Å²) in [6.45, 7) is 13.4. The zero-order valence-corrected chi connectivity index (χ0v) is 20.9. The summed E-state index contributed by atoms with van der Waals surface area (Å²) in [4.78, 5) is 35.4. The minimum Gasteiger partial charge on any atom is -0.503 e. The number of rotatable bonds is 11. The molecule has 178 valence electrons. The first kappa shape index (κ1) is 24.9. The summed E-state index contributed by atoms with van der Waals surface area (Å²) in [6, 6.07) is 6.72. The van der Waals surface area contributed by atoms with E-state index >= 15 is 0 Å². The van der Waals surface area contributed by atoms with Crippen molar-refractivity contribution in [1.29, 1.82) is 0 Å². The number of ether oxygens (including phenoxy) is 1. The number of amides is 1. The smallest absolute Gasteiger partial charge is 0.290 e. The number of nitrogens with zero attached hydrogens (tertiary/aromatic N) is 3. The molecule has 1 aromatic heterocycles. The first-order valence-corrected chi connectivity index (χ1v) is 12.3. The molecule has 0 unspecified atom stereocenters. The van der Waals surface area contributed by atoms with E-state index < -0.39 is 17.7 Å². The normalized spacial score (nSPS) is 16.2. The molecule has 1 aromatic carbocycles. The van der Waals surface area contributed by atoms with E-state index in [1.54, 1.807) is 11.8 Å². The van der Waals surface area contributed by atoms with Gasteiger partial charge in [0.2, 0.25) is 5.78 Å². The van der Waals surface area contributed by atoms with Crippen molar-refractivity contribution in [2.24, 2.45) is 0 Å². The van der Waals surface area contributed by atoms with Crippen molar-refractivity contribution in [2.75, 3.05) is 32.8 Å². The van der Waals surface area contributed by atoms with Gasteiger partial charge in [-0.2, -0.15) is 0 Å². The molecule has 1 aliphatic heterocycles. The lowest BCUT2D eigenvalue weighted by molar-refractivity contribution is -0.129. The second kappa shape index (κ2) is 10.9. The average molecular weight is 472 g/mol. The summed E-state index contributed by atoms with van der Waals surface area (Å²) in [7, 11) is 0. The Hall–Kier alpha value is -2.71. The van der Waals surface area contributed by atoms with Gasteiger partial charge in [-0.3, -0.25) is 9.59 Å². The van der Waals surface area contributed by atoms with E-state index in [0.717, 1.165) is 36.6 Å². The SMILES string of the molecule is CCOc1ccc([C@H]2C(C(=O)c3sc(C)nc3C)=C(O)C(=O)N2CCCN(CC)CC)cc1. The van der Waals surface area contributed by atoms with Crippen LogP contribution in [0.5, 0.6) is 5.75 Å². The molecule has 8 heteroatoms. The van der Waals surface area contributed by atoms with Crippen molar-refractivity contribution >= 4 is 23.0 Å². The van der Waals surface area contributed by atoms with Crippen LogP contribution in [0.4, 0.5) is 0 Å². The molecule has 1 aliphatic rings. The monoisotopic (exact) mass is 471 g/mol. The first-order chi connectivity index (χ1) is 15.8. The third-order valence-electron chi connectivity index (χ3n) is 5.93. The van der Waals surface area contributed by atoms with Crippen LogP contribution in [0.2, 0.25) is 0 Å². The highest BCUT2D eigenvalue weighted by atomic mass is 32.1. The van der Waals surface area contributed by atoms with Gasteiger partial charge in [-0.15, -0.1) is 11.3 Å². The number of thiazole rings is 1. The fraction of sp³-hybridized carbons (Fsp3) is 0.480. The van der Waals surface area contributed by atoms with E-state index in [-0.39, 0.29) is 11.4 Å². The molecule has 2 heterocycles. The van der Waals surface area contributed by atoms with E-state index in [0.29, 0.717) is 29.5 Å². The maximum Gasteiger partial charge on any atom is 0.290 e. The molecule has 1 amide bonds. The van der Waals surface area contributed by atoms with Crippen LogP contribution in [-0.2, 0) is 4.79 Å².